The molecule has 11 saturated heterocycles. The molecule has 0 aromatic heterocycles. The van der Waals surface area contributed by atoms with Crippen LogP contribution >= 0.6 is 0 Å². The number of anilines is 1. The summed E-state index contributed by atoms with van der Waals surface area (Å²) < 4.78 is 76.8. The molecule has 0 radical (unpaired) electrons. The van der Waals surface area contributed by atoms with E-state index in [2.05, 4.69) is 46.7 Å². The summed E-state index contributed by atoms with van der Waals surface area (Å²) >= 11 is 0. The third kappa shape index (κ3) is 18.9. The Morgan fingerprint density at radius 1 is 0.703 bits per heavy atom. The van der Waals surface area contributed by atoms with E-state index in [1.165, 1.54) is 26.0 Å². The number of amides is 8. The minimum Gasteiger partial charge on any atom is -0.445 e. The van der Waals surface area contributed by atoms with Crippen molar-refractivity contribution in [1.82, 2.24) is 26.3 Å². The van der Waals surface area contributed by atoms with E-state index in [1.54, 1.807) is 19.2 Å². The molecule has 31 nitrogen and oxygen atoms in total. The number of alkyl carbamates (subject to hydrolysis) is 1. The van der Waals surface area contributed by atoms with Crippen LogP contribution in [0.25, 0.3) is 0 Å². The highest BCUT2D eigenvalue weighted by atomic mass is 16.8. The van der Waals surface area contributed by atoms with Gasteiger partial charge in [0.25, 0.3) is 11.8 Å². The maximum absolute atomic E-state index is 14.5. The number of imide groups is 1. The number of hydroxylamine groups is 2. The molecule has 22 atom stereocenters. The fourth-order valence-corrected chi connectivity index (χ4v) is 15.5. The van der Waals surface area contributed by atoms with Crippen molar-refractivity contribution in [3.63, 3.8) is 0 Å². The summed E-state index contributed by atoms with van der Waals surface area (Å²) in [6, 6.07) is 2.34. The molecule has 8 amide bonds. The molecule has 8 N–H and O–H groups in total. The fourth-order valence-electron chi connectivity index (χ4n) is 15.5. The molecule has 1 aromatic rings. The van der Waals surface area contributed by atoms with Crippen LogP contribution in [0.5, 0.6) is 0 Å². The van der Waals surface area contributed by atoms with Gasteiger partial charge >= 0.3 is 12.1 Å². The van der Waals surface area contributed by atoms with Crippen LogP contribution in [0.15, 0.2) is 48.6 Å². The molecule has 12 bridgehead atoms. The van der Waals surface area contributed by atoms with Crippen LogP contribution < -0.4 is 32.3 Å². The first-order valence-electron chi connectivity index (χ1n) is 35.5. The van der Waals surface area contributed by atoms with Gasteiger partial charge in [0.05, 0.1) is 106 Å². The van der Waals surface area contributed by atoms with E-state index in [-0.39, 0.29) is 157 Å². The summed E-state index contributed by atoms with van der Waals surface area (Å²) in [5, 5.41) is 24.6. The normalized spacial score (nSPS) is 34.0. The lowest BCUT2D eigenvalue weighted by Gasteiger charge is -2.47. The molecule has 11 fully saturated rings. The first-order valence-corrected chi connectivity index (χ1v) is 35.5. The van der Waals surface area contributed by atoms with Crippen molar-refractivity contribution < 1.29 is 115 Å². The highest BCUT2D eigenvalue weighted by Crippen LogP contribution is 2.55. The zero-order valence-electron chi connectivity index (χ0n) is 57.7. The van der Waals surface area contributed by atoms with Crippen molar-refractivity contribution in [1.29, 1.82) is 0 Å². The number of ketones is 1. The van der Waals surface area contributed by atoms with Gasteiger partial charge in [-0.1, -0.05) is 32.2 Å². The van der Waals surface area contributed by atoms with E-state index in [0.29, 0.717) is 42.7 Å². The summed E-state index contributed by atoms with van der Waals surface area (Å²) in [7, 11) is 1.57. The van der Waals surface area contributed by atoms with Crippen molar-refractivity contribution in [2.75, 3.05) is 45.4 Å². The zero-order chi connectivity index (χ0) is 71.8. The van der Waals surface area contributed by atoms with Gasteiger partial charge in [0.15, 0.2) is 5.79 Å². The Bertz CT molecular complexity index is 3220. The Morgan fingerprint density at radius 3 is 2.12 bits per heavy atom. The first-order chi connectivity index (χ1) is 48.4. The molecule has 11 aliphatic heterocycles. The van der Waals surface area contributed by atoms with E-state index in [9.17, 15) is 53.1 Å². The second-order valence-electron chi connectivity index (χ2n) is 28.4. The number of carbonyl (C=O) groups excluding carboxylic acids is 10. The molecule has 556 valence electrons. The molecule has 12 rings (SSSR count). The van der Waals surface area contributed by atoms with Crippen molar-refractivity contribution in [3.8, 4) is 0 Å². The van der Waals surface area contributed by atoms with Crippen LogP contribution in [0.3, 0.4) is 0 Å². The quantitative estimate of drug-likeness (QED) is 0.0397. The number of rotatable bonds is 26. The number of primary amides is 1. The van der Waals surface area contributed by atoms with Gasteiger partial charge in [0.2, 0.25) is 29.5 Å². The van der Waals surface area contributed by atoms with Crippen LogP contribution in [-0.4, -0.2) is 231 Å². The highest BCUT2D eigenvalue weighted by molar-refractivity contribution is 6.02. The number of nitrogens with one attached hydrogen (secondary N) is 5. The molecule has 11 aliphatic rings. The van der Waals surface area contributed by atoms with Gasteiger partial charge in [0.1, 0.15) is 61.0 Å². The molecule has 1 aromatic carbocycles. The predicted molar refractivity (Wildman–Crippen MR) is 349 cm³/mol. The standard InChI is InChI=1S/C70H97N7O24/c1-35-25-44-11-13-49-36(2)26-46(93-49)17-20-70-32-54-62(99-70)63-64(98-54)65(100-70)61-50(97-63)14-12-45(95-61)27-42(78)28-47-52(31-51(94-44)37(35)3)96-53(60(47)89-6)29-43(79)33-72-69(88)92-34-40-7-9-41(10-8-40)75-68(87)48(30-55(71)80)76-67(86)39(5)74-66(85)38(4)73-56(81)18-21-90-23-24-91-22-19-59(84)101-77-57(82)15-16-58(77)83/h7-10,35,38-39,43-54,60-65,79H,2-3,11-34H2,1,4-6H3,(H2,71,80)(H,72,88)(H,73,81)(H,74,85)(H,75,87)(H,76,86)/t35-,38+,39+,43+,44+,45?,46+,47+,48+,49?,50+,51?,52+,53?,54?,60-,61+,62-,63?,64-,65+,70+/m1/s1. The number of nitrogens with two attached hydrogens (primary N) is 1. The summed E-state index contributed by atoms with van der Waals surface area (Å²) in [6.45, 7) is 13.4. The number of carbonyl (C=O) groups is 10. The van der Waals surface area contributed by atoms with Crippen LogP contribution in [0.1, 0.15) is 142 Å². The molecular weight excluding hydrogens is 1320 g/mol. The van der Waals surface area contributed by atoms with Crippen molar-refractivity contribution in [2.45, 2.75) is 265 Å². The largest absolute Gasteiger partial charge is 0.445 e. The topological polar surface area (TPSA) is 400 Å². The Hall–Kier alpha value is -6.88. The summed E-state index contributed by atoms with van der Waals surface area (Å²) in [5.74, 6) is -7.02. The van der Waals surface area contributed by atoms with E-state index in [1.807, 2.05) is 0 Å². The number of aliphatic hydroxyl groups is 1. The van der Waals surface area contributed by atoms with Gasteiger partial charge in [-0.05, 0) is 93.6 Å². The van der Waals surface area contributed by atoms with E-state index in [0.717, 1.165) is 43.3 Å². The fraction of sp³-hybridized carbons (Fsp3) is 0.714. The molecule has 0 saturated carbocycles. The SMILES string of the molecule is C=C1C[C@@H]2CC[C@@]34CC5O[C@@H]6C(O[C@H]7CCC(CC(=O)C[C@H]8[C@H](CC9O[C@@H](CCC1O2)C[C@@H](C)C9=C)OC(C[C@H](O)CNC(=O)OCc1ccc(NC(=O)[C@H](CC(N)=O)NC(=O)[C@H](C)NC(=O)[C@H](C)NC(=O)CCOCCOCCC(=O)ON2C(=O)CCC2=O)cc1)[C@@H]8OC)O[C@@H]7[C@@H]6O3)[C@@H]5O4. The van der Waals surface area contributed by atoms with Crippen LogP contribution in [0, 0.1) is 11.8 Å². The first kappa shape index (κ1) is 75.3. The van der Waals surface area contributed by atoms with Crippen molar-refractivity contribution in [3.05, 3.63) is 54.1 Å². The zero-order valence-corrected chi connectivity index (χ0v) is 57.7. The third-order valence-corrected chi connectivity index (χ3v) is 20.8. The average molecular weight is 1420 g/mol. The summed E-state index contributed by atoms with van der Waals surface area (Å²) in [6.07, 6.45) is -0.918. The minimum absolute atomic E-state index is 0.0199. The molecule has 11 heterocycles. The van der Waals surface area contributed by atoms with E-state index in [4.69, 9.17) is 67.4 Å². The number of aliphatic hydroxyl groups excluding tert-OH is 1. The number of fused-ring (bicyclic) bond motifs is 6. The Balaban J connectivity index is 0.619. The molecule has 6 unspecified atom stereocenters. The van der Waals surface area contributed by atoms with E-state index >= 15 is 0 Å². The van der Waals surface area contributed by atoms with Crippen LogP contribution in [0.4, 0.5) is 10.5 Å². The minimum atomic E-state index is -1.47. The second-order valence-corrected chi connectivity index (χ2v) is 28.4. The van der Waals surface area contributed by atoms with Crippen molar-refractivity contribution >= 4 is 64.9 Å². The van der Waals surface area contributed by atoms with Gasteiger partial charge in [-0.2, -0.15) is 0 Å². The van der Waals surface area contributed by atoms with Gasteiger partial charge in [-0.15, -0.1) is 5.06 Å². The number of ether oxygens (including phenoxy) is 12. The number of nitrogens with zero attached hydrogens (tertiary/aromatic N) is 1. The van der Waals surface area contributed by atoms with Gasteiger partial charge in [-0.3, -0.25) is 38.4 Å². The molecule has 1 spiro atoms. The van der Waals surface area contributed by atoms with Crippen LogP contribution in [-0.2, 0) is 111 Å². The Morgan fingerprint density at radius 2 is 1.38 bits per heavy atom. The summed E-state index contributed by atoms with van der Waals surface area (Å²) in [4.78, 5) is 132. The van der Waals surface area contributed by atoms with Crippen LogP contribution in [0.2, 0.25) is 0 Å². The Labute approximate surface area is 585 Å². The lowest BCUT2D eigenvalue weighted by molar-refractivity contribution is -0.292. The highest BCUT2D eigenvalue weighted by Gasteiger charge is 2.69. The van der Waals surface area contributed by atoms with Gasteiger partial charge in [0, 0.05) is 83.0 Å². The monoisotopic (exact) mass is 1420 g/mol. The molecule has 0 aliphatic carbocycles. The lowest BCUT2D eigenvalue weighted by atomic mass is 9.81. The number of hydrogen-bond acceptors (Lipinski definition) is 24. The molecular formula is C70H97N7O24. The maximum Gasteiger partial charge on any atom is 0.407 e. The number of hydrogen-bond donors (Lipinski definition) is 7. The maximum atomic E-state index is 14.5. The number of Topliss-reactive ketones (excluding diaryl/α,β-unsaturated/α-hetero) is 1. The van der Waals surface area contributed by atoms with Gasteiger partial charge < -0.3 is 99.1 Å². The third-order valence-electron chi connectivity index (χ3n) is 20.8. The van der Waals surface area contributed by atoms with Crippen molar-refractivity contribution in [2.24, 2.45) is 17.6 Å². The number of methoxy groups -OCH3 is 1. The van der Waals surface area contributed by atoms with Gasteiger partial charge in [-0.25, -0.2) is 9.59 Å². The Kier molecular flexibility index (Phi) is 25.1. The summed E-state index contributed by atoms with van der Waals surface area (Å²) in [5.41, 5.74) is 8.21. The molecule has 31 heteroatoms. The molecule has 101 heavy (non-hydrogen) atoms. The lowest BCUT2D eigenvalue weighted by Crippen LogP contribution is -2.61. The average Bonchev–Trinajstić information content (AvgIpc) is 1.55. The number of benzene rings is 1. The second kappa shape index (κ2) is 33.7. The van der Waals surface area contributed by atoms with E-state index < -0.39 is 132 Å². The smallest absolute Gasteiger partial charge is 0.407 e. The predicted octanol–water partition coefficient (Wildman–Crippen LogP) is 2.13.